The molecule has 2 aromatic carbocycles. The van der Waals surface area contributed by atoms with Crippen molar-refractivity contribution < 1.29 is 28.2 Å². The average Bonchev–Trinajstić information content (AvgIpc) is 3.38. The summed E-state index contributed by atoms with van der Waals surface area (Å²) in [4.78, 5) is 25.1. The molecule has 10 nitrogen and oxygen atoms in total. The number of hydrogen-bond donors (Lipinski definition) is 1. The number of furan rings is 1. The number of amides is 1. The fraction of sp³-hybridized carbons (Fsp3) is 0.185. The molecule has 1 aliphatic heterocycles. The second-order valence-corrected chi connectivity index (χ2v) is 9.05. The number of methoxy groups -OCH3 is 1. The Morgan fingerprint density at radius 1 is 1.24 bits per heavy atom. The van der Waals surface area contributed by atoms with Gasteiger partial charge in [0.2, 0.25) is 5.88 Å². The number of hydrogen-bond acceptors (Lipinski definition) is 9. The van der Waals surface area contributed by atoms with Crippen LogP contribution in [-0.2, 0) is 4.74 Å². The molecule has 0 saturated carbocycles. The number of ether oxygens (including phenoxy) is 4. The Balaban J connectivity index is 1.26. The van der Waals surface area contributed by atoms with Crippen LogP contribution >= 0.6 is 11.6 Å². The van der Waals surface area contributed by atoms with Gasteiger partial charge < -0.3 is 23.4 Å². The SMILES string of the molecule is COc1cnc2c(-c3cc4c5c(cc(Cl)c4o3)O[C@@H](COC(=O)Nc3cccnc3)CO5)cc(C)cc2n1. The maximum absolute atomic E-state index is 12.1. The zero-order valence-electron chi connectivity index (χ0n) is 20.4. The Hall–Kier alpha value is -4.57. The van der Waals surface area contributed by atoms with Crippen molar-refractivity contribution in [2.45, 2.75) is 13.0 Å². The molecule has 0 radical (unpaired) electrons. The monoisotopic (exact) mass is 532 g/mol. The highest BCUT2D eigenvalue weighted by Gasteiger charge is 2.28. The minimum Gasteiger partial charge on any atom is -0.485 e. The Kier molecular flexibility index (Phi) is 6.09. The topological polar surface area (TPSA) is 118 Å². The van der Waals surface area contributed by atoms with Crippen molar-refractivity contribution in [3.8, 4) is 28.7 Å². The summed E-state index contributed by atoms with van der Waals surface area (Å²) in [5.74, 6) is 1.92. The number of nitrogens with zero attached hydrogens (tertiary/aromatic N) is 3. The molecule has 11 heteroatoms. The van der Waals surface area contributed by atoms with Crippen molar-refractivity contribution >= 4 is 45.4 Å². The lowest BCUT2D eigenvalue weighted by molar-refractivity contribution is 0.0382. The second kappa shape index (κ2) is 9.71. The standard InChI is InChI=1S/C27H21ClN4O6/c1-14-6-17(24-20(7-14)32-23(34-2)11-30-24)21-8-18-25(38-21)19(28)9-22-26(18)35-12-16(37-22)13-36-27(33)31-15-4-3-5-29-10-15/h3-11,16H,12-13H2,1-2H3,(H,31,33)/t16-/m1/s1. The van der Waals surface area contributed by atoms with E-state index in [0.29, 0.717) is 55.9 Å². The first-order valence-electron chi connectivity index (χ1n) is 11.7. The van der Waals surface area contributed by atoms with Gasteiger partial charge in [0.05, 0.1) is 46.6 Å². The number of anilines is 1. The lowest BCUT2D eigenvalue weighted by Crippen LogP contribution is -2.35. The number of halogens is 1. The summed E-state index contributed by atoms with van der Waals surface area (Å²) >= 11 is 6.57. The second-order valence-electron chi connectivity index (χ2n) is 8.65. The van der Waals surface area contributed by atoms with Gasteiger partial charge >= 0.3 is 6.09 Å². The molecule has 192 valence electrons. The van der Waals surface area contributed by atoms with Crippen LogP contribution in [0.3, 0.4) is 0 Å². The first-order valence-corrected chi connectivity index (χ1v) is 12.1. The number of fused-ring (bicyclic) bond motifs is 4. The third-order valence-electron chi connectivity index (χ3n) is 5.93. The molecule has 1 atom stereocenters. The van der Waals surface area contributed by atoms with E-state index in [1.54, 1.807) is 37.7 Å². The number of aromatic nitrogens is 3. The molecule has 1 amide bonds. The van der Waals surface area contributed by atoms with E-state index in [0.717, 1.165) is 11.1 Å². The van der Waals surface area contributed by atoms with Crippen LogP contribution in [0.5, 0.6) is 17.4 Å². The Bertz CT molecular complexity index is 1670. The molecule has 0 saturated heterocycles. The van der Waals surface area contributed by atoms with Crippen molar-refractivity contribution in [3.63, 3.8) is 0 Å². The maximum atomic E-state index is 12.1. The van der Waals surface area contributed by atoms with Crippen molar-refractivity contribution in [1.82, 2.24) is 15.0 Å². The maximum Gasteiger partial charge on any atom is 0.411 e. The highest BCUT2D eigenvalue weighted by molar-refractivity contribution is 6.35. The van der Waals surface area contributed by atoms with Gasteiger partial charge in [-0.2, -0.15) is 0 Å². The van der Waals surface area contributed by atoms with E-state index in [1.807, 2.05) is 25.1 Å². The summed E-state index contributed by atoms with van der Waals surface area (Å²) in [7, 11) is 1.55. The van der Waals surface area contributed by atoms with Gasteiger partial charge in [0, 0.05) is 17.8 Å². The highest BCUT2D eigenvalue weighted by Crippen LogP contribution is 2.46. The van der Waals surface area contributed by atoms with Gasteiger partial charge in [-0.05, 0) is 42.8 Å². The minimum atomic E-state index is -0.619. The molecule has 0 bridgehead atoms. The lowest BCUT2D eigenvalue weighted by atomic mass is 10.1. The Labute approximate surface area is 221 Å². The number of carbonyl (C=O) groups excluding carboxylic acids is 1. The van der Waals surface area contributed by atoms with E-state index >= 15 is 0 Å². The van der Waals surface area contributed by atoms with Crippen LogP contribution in [0.1, 0.15) is 5.56 Å². The smallest absolute Gasteiger partial charge is 0.411 e. The molecular formula is C27H21ClN4O6. The highest BCUT2D eigenvalue weighted by atomic mass is 35.5. The quantitative estimate of drug-likeness (QED) is 0.299. The van der Waals surface area contributed by atoms with E-state index in [2.05, 4.69) is 20.3 Å². The Morgan fingerprint density at radius 2 is 2.13 bits per heavy atom. The van der Waals surface area contributed by atoms with Crippen LogP contribution < -0.4 is 19.5 Å². The summed E-state index contributed by atoms with van der Waals surface area (Å²) in [6, 6.07) is 10.8. The molecule has 3 aromatic heterocycles. The number of rotatable bonds is 5. The number of pyridine rings is 1. The first-order chi connectivity index (χ1) is 18.5. The van der Waals surface area contributed by atoms with Gasteiger partial charge in [-0.25, -0.2) is 14.8 Å². The molecule has 1 N–H and O–H groups in total. The summed E-state index contributed by atoms with van der Waals surface area (Å²) < 4.78 is 28.8. The Morgan fingerprint density at radius 3 is 2.95 bits per heavy atom. The van der Waals surface area contributed by atoms with E-state index < -0.39 is 12.2 Å². The summed E-state index contributed by atoms with van der Waals surface area (Å²) in [6.45, 7) is 2.12. The molecule has 5 aromatic rings. The van der Waals surface area contributed by atoms with Crippen molar-refractivity contribution in [1.29, 1.82) is 0 Å². The zero-order chi connectivity index (χ0) is 26.2. The fourth-order valence-corrected chi connectivity index (χ4v) is 4.49. The van der Waals surface area contributed by atoms with E-state index in [1.165, 1.54) is 6.20 Å². The van der Waals surface area contributed by atoms with E-state index in [4.69, 9.17) is 35.0 Å². The summed E-state index contributed by atoms with van der Waals surface area (Å²) in [5.41, 5.74) is 4.09. The van der Waals surface area contributed by atoms with Crippen LogP contribution in [0.4, 0.5) is 10.5 Å². The van der Waals surface area contributed by atoms with Crippen LogP contribution in [-0.4, -0.2) is 47.5 Å². The van der Waals surface area contributed by atoms with Crippen molar-refractivity contribution in [3.05, 3.63) is 65.6 Å². The van der Waals surface area contributed by atoms with E-state index in [-0.39, 0.29) is 13.2 Å². The fourth-order valence-electron chi connectivity index (χ4n) is 4.25. The predicted octanol–water partition coefficient (Wildman–Crippen LogP) is 5.80. The summed E-state index contributed by atoms with van der Waals surface area (Å²) in [5, 5.41) is 3.62. The third kappa shape index (κ3) is 4.50. The summed E-state index contributed by atoms with van der Waals surface area (Å²) in [6.07, 6.45) is 3.56. The number of aryl methyl sites for hydroxylation is 1. The number of benzene rings is 2. The van der Waals surface area contributed by atoms with Gasteiger partial charge in [-0.15, -0.1) is 0 Å². The van der Waals surface area contributed by atoms with Gasteiger partial charge in [-0.3, -0.25) is 10.3 Å². The molecular weight excluding hydrogens is 512 g/mol. The zero-order valence-corrected chi connectivity index (χ0v) is 21.1. The molecule has 1 aliphatic rings. The molecule has 0 aliphatic carbocycles. The van der Waals surface area contributed by atoms with Crippen molar-refractivity contribution in [2.24, 2.45) is 0 Å². The van der Waals surface area contributed by atoms with Crippen LogP contribution in [0, 0.1) is 6.92 Å². The van der Waals surface area contributed by atoms with Crippen molar-refractivity contribution in [2.75, 3.05) is 25.6 Å². The van der Waals surface area contributed by atoms with Crippen LogP contribution in [0.2, 0.25) is 5.02 Å². The van der Waals surface area contributed by atoms with E-state index in [9.17, 15) is 4.79 Å². The van der Waals surface area contributed by atoms with Gasteiger partial charge in [0.25, 0.3) is 0 Å². The molecule has 4 heterocycles. The lowest BCUT2D eigenvalue weighted by Gasteiger charge is -2.26. The molecule has 0 spiro atoms. The average molecular weight is 533 g/mol. The van der Waals surface area contributed by atoms with Crippen LogP contribution in [0.15, 0.2) is 59.4 Å². The minimum absolute atomic E-state index is 0.0186. The van der Waals surface area contributed by atoms with Gasteiger partial charge in [0.1, 0.15) is 19.0 Å². The molecule has 38 heavy (non-hydrogen) atoms. The predicted molar refractivity (Wildman–Crippen MR) is 140 cm³/mol. The van der Waals surface area contributed by atoms with Gasteiger partial charge in [0.15, 0.2) is 23.2 Å². The normalized spacial score (nSPS) is 14.4. The number of nitrogens with one attached hydrogen (secondary N) is 1. The molecule has 0 fully saturated rings. The number of carbonyl (C=O) groups is 1. The molecule has 6 rings (SSSR count). The first kappa shape index (κ1) is 23.8. The van der Waals surface area contributed by atoms with Gasteiger partial charge in [-0.1, -0.05) is 11.6 Å². The third-order valence-corrected chi connectivity index (χ3v) is 6.21. The van der Waals surface area contributed by atoms with Crippen LogP contribution in [0.25, 0.3) is 33.3 Å². The largest absolute Gasteiger partial charge is 0.485 e. The molecule has 0 unspecified atom stereocenters.